The summed E-state index contributed by atoms with van der Waals surface area (Å²) in [5.41, 5.74) is 0.883. The standard InChI is InChI=1S/C14H17FO2S/c1-8-6-12-11(17-13(3,15)18-12)7-10(8)14(4-5-14)9(2)16/h7-8H,4-6H2,1-3H3. The molecule has 2 aliphatic carbocycles. The van der Waals surface area contributed by atoms with Crippen molar-refractivity contribution in [2.75, 3.05) is 0 Å². The number of thioether (sulfide) groups is 1. The van der Waals surface area contributed by atoms with Crippen LogP contribution in [-0.4, -0.2) is 11.0 Å². The largest absolute Gasteiger partial charge is 0.448 e. The fourth-order valence-corrected chi connectivity index (χ4v) is 4.15. The van der Waals surface area contributed by atoms with Gasteiger partial charge in [-0.05, 0) is 55.5 Å². The molecule has 1 saturated carbocycles. The highest BCUT2D eigenvalue weighted by molar-refractivity contribution is 8.04. The van der Waals surface area contributed by atoms with E-state index < -0.39 is 5.19 Å². The summed E-state index contributed by atoms with van der Waals surface area (Å²) in [7, 11) is 0. The van der Waals surface area contributed by atoms with E-state index in [0.717, 1.165) is 41.5 Å². The molecule has 2 atom stereocenters. The highest BCUT2D eigenvalue weighted by atomic mass is 32.2. The van der Waals surface area contributed by atoms with Gasteiger partial charge in [-0.3, -0.25) is 4.79 Å². The average molecular weight is 268 g/mol. The second-order valence-electron chi connectivity index (χ2n) is 5.67. The van der Waals surface area contributed by atoms with Crippen molar-refractivity contribution in [3.05, 3.63) is 22.3 Å². The number of hydrogen-bond donors (Lipinski definition) is 0. The normalized spacial score (nSPS) is 36.9. The zero-order valence-corrected chi connectivity index (χ0v) is 11.7. The first-order chi connectivity index (χ1) is 8.34. The van der Waals surface area contributed by atoms with Crippen molar-refractivity contribution in [3.8, 4) is 0 Å². The molecule has 0 spiro atoms. The van der Waals surface area contributed by atoms with Crippen LogP contribution in [0.1, 0.15) is 40.0 Å². The van der Waals surface area contributed by atoms with Crippen molar-refractivity contribution in [3.63, 3.8) is 0 Å². The van der Waals surface area contributed by atoms with Crippen LogP contribution in [0.2, 0.25) is 0 Å². The number of alkyl halides is 1. The van der Waals surface area contributed by atoms with Gasteiger partial charge in [0, 0.05) is 11.8 Å². The Morgan fingerprint density at radius 3 is 2.78 bits per heavy atom. The summed E-state index contributed by atoms with van der Waals surface area (Å²) in [5.74, 6) is 1.18. The third-order valence-electron chi connectivity index (χ3n) is 4.16. The predicted molar refractivity (Wildman–Crippen MR) is 69.4 cm³/mol. The zero-order valence-electron chi connectivity index (χ0n) is 10.9. The van der Waals surface area contributed by atoms with E-state index in [1.54, 1.807) is 6.92 Å². The summed E-state index contributed by atoms with van der Waals surface area (Å²) in [5, 5.41) is -1.65. The molecule has 3 rings (SSSR count). The molecule has 0 radical (unpaired) electrons. The van der Waals surface area contributed by atoms with Gasteiger partial charge in [0.2, 0.25) is 0 Å². The molecule has 0 aromatic rings. The molecule has 98 valence electrons. The molecule has 0 aromatic carbocycles. The number of ether oxygens (including phenoxy) is 1. The quantitative estimate of drug-likeness (QED) is 0.758. The molecule has 4 heteroatoms. The van der Waals surface area contributed by atoms with E-state index in [1.165, 1.54) is 6.92 Å². The third kappa shape index (κ3) is 1.73. The number of ketones is 1. The summed E-state index contributed by atoms with van der Waals surface area (Å²) < 4.78 is 19.2. The van der Waals surface area contributed by atoms with Gasteiger partial charge in [-0.1, -0.05) is 6.92 Å². The van der Waals surface area contributed by atoms with E-state index in [9.17, 15) is 9.18 Å². The first-order valence-electron chi connectivity index (χ1n) is 6.37. The second kappa shape index (κ2) is 3.62. The van der Waals surface area contributed by atoms with Crippen LogP contribution in [0.15, 0.2) is 22.3 Å². The summed E-state index contributed by atoms with van der Waals surface area (Å²) in [6, 6.07) is 0. The molecule has 0 aromatic heterocycles. The summed E-state index contributed by atoms with van der Waals surface area (Å²) in [6.07, 6.45) is 4.58. The maximum atomic E-state index is 13.8. The number of Topliss-reactive ketones (excluding diaryl/α,β-unsaturated/α-hetero) is 1. The molecule has 1 heterocycles. The van der Waals surface area contributed by atoms with Gasteiger partial charge < -0.3 is 4.74 Å². The summed E-state index contributed by atoms with van der Waals surface area (Å²) in [6.45, 7) is 5.22. The van der Waals surface area contributed by atoms with Gasteiger partial charge in [-0.15, -0.1) is 0 Å². The highest BCUT2D eigenvalue weighted by Crippen LogP contribution is 2.59. The van der Waals surface area contributed by atoms with E-state index in [1.807, 2.05) is 6.08 Å². The minimum absolute atomic E-state index is 0.235. The Balaban J connectivity index is 1.95. The number of rotatable bonds is 2. The van der Waals surface area contributed by atoms with Crippen LogP contribution in [0, 0.1) is 11.3 Å². The average Bonchev–Trinajstić information content (AvgIpc) is 2.97. The Hall–Kier alpha value is -0.770. The molecule has 2 unspecified atom stereocenters. The van der Waals surface area contributed by atoms with Crippen molar-refractivity contribution in [2.24, 2.45) is 11.3 Å². The fourth-order valence-electron chi connectivity index (χ4n) is 3.05. The molecule has 2 nitrogen and oxygen atoms in total. The first-order valence-corrected chi connectivity index (χ1v) is 7.19. The zero-order chi connectivity index (χ0) is 13.1. The molecule has 3 aliphatic rings. The van der Waals surface area contributed by atoms with Crippen molar-refractivity contribution in [1.82, 2.24) is 0 Å². The van der Waals surface area contributed by atoms with Crippen LogP contribution >= 0.6 is 11.8 Å². The topological polar surface area (TPSA) is 26.3 Å². The van der Waals surface area contributed by atoms with Gasteiger partial charge in [0.15, 0.2) is 0 Å². The van der Waals surface area contributed by atoms with Crippen molar-refractivity contribution < 1.29 is 13.9 Å². The van der Waals surface area contributed by atoms with Crippen LogP contribution < -0.4 is 0 Å². The lowest BCUT2D eigenvalue weighted by atomic mass is 9.79. The lowest BCUT2D eigenvalue weighted by Crippen LogP contribution is -2.22. The van der Waals surface area contributed by atoms with Crippen molar-refractivity contribution in [2.45, 2.75) is 45.2 Å². The molecular formula is C14H17FO2S. The number of hydrogen-bond acceptors (Lipinski definition) is 3. The summed E-state index contributed by atoms with van der Waals surface area (Å²) in [4.78, 5) is 12.8. The number of carbonyl (C=O) groups is 1. The Morgan fingerprint density at radius 2 is 2.22 bits per heavy atom. The van der Waals surface area contributed by atoms with Gasteiger partial charge in [-0.2, -0.15) is 4.39 Å². The minimum atomic E-state index is -1.65. The van der Waals surface area contributed by atoms with E-state index in [2.05, 4.69) is 6.92 Å². The molecule has 1 aliphatic heterocycles. The highest BCUT2D eigenvalue weighted by Gasteiger charge is 2.53. The predicted octanol–water partition coefficient (Wildman–Crippen LogP) is 3.94. The molecule has 0 N–H and O–H groups in total. The lowest BCUT2D eigenvalue weighted by molar-refractivity contribution is -0.120. The SMILES string of the molecule is CC(=O)C1(C2=CC3=C(CC2C)SC(C)(F)O3)CC1. The lowest BCUT2D eigenvalue weighted by Gasteiger charge is -2.26. The molecule has 0 bridgehead atoms. The fraction of sp³-hybridized carbons (Fsp3) is 0.643. The first kappa shape index (κ1) is 12.3. The van der Waals surface area contributed by atoms with Crippen molar-refractivity contribution in [1.29, 1.82) is 0 Å². The molecule has 18 heavy (non-hydrogen) atoms. The maximum Gasteiger partial charge on any atom is 0.298 e. The van der Waals surface area contributed by atoms with E-state index >= 15 is 0 Å². The van der Waals surface area contributed by atoms with Gasteiger partial charge in [0.1, 0.15) is 11.5 Å². The van der Waals surface area contributed by atoms with E-state index in [4.69, 9.17) is 4.74 Å². The molecular weight excluding hydrogens is 251 g/mol. The Labute approximate surface area is 111 Å². The number of allylic oxidation sites excluding steroid dienone is 3. The van der Waals surface area contributed by atoms with Crippen LogP contribution in [-0.2, 0) is 9.53 Å². The van der Waals surface area contributed by atoms with Crippen LogP contribution in [0.4, 0.5) is 4.39 Å². The molecule has 0 amide bonds. The van der Waals surface area contributed by atoms with Gasteiger partial charge in [0.25, 0.3) is 5.19 Å². The maximum absolute atomic E-state index is 13.8. The molecule has 0 saturated heterocycles. The van der Waals surface area contributed by atoms with E-state index in [-0.39, 0.29) is 11.2 Å². The third-order valence-corrected chi connectivity index (χ3v) is 5.22. The van der Waals surface area contributed by atoms with Crippen LogP contribution in [0.5, 0.6) is 0 Å². The van der Waals surface area contributed by atoms with Crippen LogP contribution in [0.3, 0.4) is 0 Å². The monoisotopic (exact) mass is 268 g/mol. The summed E-state index contributed by atoms with van der Waals surface area (Å²) >= 11 is 1.16. The van der Waals surface area contributed by atoms with Gasteiger partial charge in [-0.25, -0.2) is 0 Å². The van der Waals surface area contributed by atoms with Crippen LogP contribution in [0.25, 0.3) is 0 Å². The van der Waals surface area contributed by atoms with Crippen molar-refractivity contribution >= 4 is 17.5 Å². The number of carbonyl (C=O) groups excluding carboxylic acids is 1. The second-order valence-corrected chi connectivity index (χ2v) is 7.10. The molecule has 1 fully saturated rings. The Kier molecular flexibility index (Phi) is 2.47. The number of halogens is 1. The van der Waals surface area contributed by atoms with Gasteiger partial charge >= 0.3 is 0 Å². The van der Waals surface area contributed by atoms with Gasteiger partial charge in [0.05, 0.1) is 5.41 Å². The Bertz CT molecular complexity index is 486. The van der Waals surface area contributed by atoms with E-state index in [0.29, 0.717) is 11.7 Å². The minimum Gasteiger partial charge on any atom is -0.448 e. The Morgan fingerprint density at radius 1 is 1.56 bits per heavy atom. The smallest absolute Gasteiger partial charge is 0.298 e.